The number of fused-ring (bicyclic) bond motifs is 3. The summed E-state index contributed by atoms with van der Waals surface area (Å²) >= 11 is 0. The van der Waals surface area contributed by atoms with Gasteiger partial charge in [-0.15, -0.1) is 0 Å². The van der Waals surface area contributed by atoms with Crippen molar-refractivity contribution < 1.29 is 44.2 Å². The lowest BCUT2D eigenvalue weighted by Crippen LogP contribution is -2.79. The van der Waals surface area contributed by atoms with E-state index < -0.39 is 76.8 Å². The molecule has 2 saturated carbocycles. The lowest BCUT2D eigenvalue weighted by molar-refractivity contribution is -0.392. The smallest absolute Gasteiger partial charge is 0.303 e. The quantitative estimate of drug-likeness (QED) is 0.338. The molecule has 2 saturated heterocycles. The van der Waals surface area contributed by atoms with Gasteiger partial charge in [0, 0.05) is 24.7 Å². The second-order valence-electron chi connectivity index (χ2n) is 11.5. The van der Waals surface area contributed by atoms with E-state index in [-0.39, 0.29) is 13.0 Å². The highest BCUT2D eigenvalue weighted by molar-refractivity contribution is 5.67. The molecule has 190 valence electrons. The summed E-state index contributed by atoms with van der Waals surface area (Å²) in [4.78, 5) is 12.4. The third-order valence-corrected chi connectivity index (χ3v) is 9.47. The summed E-state index contributed by atoms with van der Waals surface area (Å²) in [6, 6.07) is 0. The molecule has 0 aromatic heterocycles. The van der Waals surface area contributed by atoms with Crippen molar-refractivity contribution in [1.82, 2.24) is 0 Å². The van der Waals surface area contributed by atoms with Crippen LogP contribution in [0.5, 0.6) is 0 Å². The molecule has 2 heterocycles. The average Bonchev–Trinajstić information content (AvgIpc) is 2.97. The van der Waals surface area contributed by atoms with Gasteiger partial charge in [-0.3, -0.25) is 4.79 Å². The molecule has 0 amide bonds. The largest absolute Gasteiger partial charge is 0.455 e. The van der Waals surface area contributed by atoms with E-state index in [2.05, 4.69) is 6.58 Å². The molecule has 11 atom stereocenters. The van der Waals surface area contributed by atoms with E-state index in [9.17, 15) is 25.2 Å². The first kappa shape index (κ1) is 24.4. The van der Waals surface area contributed by atoms with Crippen molar-refractivity contribution in [2.24, 2.45) is 16.7 Å². The molecule has 4 fully saturated rings. The standard InChI is InChI=1S/C25H36O9/c1-7-16-33-14-8-15-25(30,10-31-15)19-20(28)24(22(4,5)29)9-13(27)11(2)17(24)18(32-12(3)26)21(34-16)23(14,19)6/h7,13-16,18-21,27-30H,1,8-10H2,2-6H3/t13-,14?,15?,16?,18-,19-,20-,21-,23?,24?,25-/m0/s1. The fraction of sp³-hybridized carbons (Fsp3) is 0.800. The number of rotatable bonds is 3. The molecule has 9 nitrogen and oxygen atoms in total. The minimum Gasteiger partial charge on any atom is -0.455 e. The molecule has 0 bridgehead atoms. The van der Waals surface area contributed by atoms with E-state index in [1.54, 1.807) is 20.8 Å². The molecule has 0 aromatic carbocycles. The third-order valence-electron chi connectivity index (χ3n) is 9.47. The van der Waals surface area contributed by atoms with E-state index in [1.807, 2.05) is 6.92 Å². The Balaban J connectivity index is 1.84. The Labute approximate surface area is 199 Å². The van der Waals surface area contributed by atoms with Gasteiger partial charge in [-0.25, -0.2) is 0 Å². The summed E-state index contributed by atoms with van der Waals surface area (Å²) in [7, 11) is 0. The SMILES string of the molecule is C=CC1OC2CC3OC[C@@]3(O)[C@H]3[C@H](O)C4(C(C)(C)O)C[C@H](O)C(C)=C4[C@H](OC(C)=O)[C@H](O1)C23C. The zero-order valence-electron chi connectivity index (χ0n) is 20.4. The Bertz CT molecular complexity index is 939. The van der Waals surface area contributed by atoms with E-state index in [0.29, 0.717) is 17.6 Å². The van der Waals surface area contributed by atoms with Crippen molar-refractivity contribution >= 4 is 5.97 Å². The summed E-state index contributed by atoms with van der Waals surface area (Å²) in [5.74, 6) is -1.43. The number of carbonyl (C=O) groups is 1. The monoisotopic (exact) mass is 480 g/mol. The zero-order valence-corrected chi connectivity index (χ0v) is 20.4. The van der Waals surface area contributed by atoms with Gasteiger partial charge < -0.3 is 39.4 Å². The number of hydrogen-bond acceptors (Lipinski definition) is 9. The van der Waals surface area contributed by atoms with Crippen LogP contribution < -0.4 is 0 Å². The molecule has 34 heavy (non-hydrogen) atoms. The molecule has 5 aliphatic rings. The van der Waals surface area contributed by atoms with Gasteiger partial charge in [0.1, 0.15) is 11.7 Å². The molecule has 0 aromatic rings. The number of aliphatic hydroxyl groups is 4. The van der Waals surface area contributed by atoms with Crippen molar-refractivity contribution in [1.29, 1.82) is 0 Å². The van der Waals surface area contributed by atoms with Crippen LogP contribution in [0.2, 0.25) is 0 Å². The van der Waals surface area contributed by atoms with E-state index in [1.165, 1.54) is 13.0 Å². The Morgan fingerprint density at radius 1 is 1.26 bits per heavy atom. The highest BCUT2D eigenvalue weighted by atomic mass is 16.7. The predicted octanol–water partition coefficient (Wildman–Crippen LogP) is 0.583. The maximum Gasteiger partial charge on any atom is 0.303 e. The van der Waals surface area contributed by atoms with E-state index in [4.69, 9.17) is 18.9 Å². The topological polar surface area (TPSA) is 135 Å². The third kappa shape index (κ3) is 2.77. The Kier molecular flexibility index (Phi) is 5.27. The number of ether oxygens (including phenoxy) is 4. The van der Waals surface area contributed by atoms with Crippen LogP contribution in [0.1, 0.15) is 47.5 Å². The first-order chi connectivity index (χ1) is 15.7. The van der Waals surface area contributed by atoms with E-state index >= 15 is 0 Å². The van der Waals surface area contributed by atoms with Gasteiger partial charge in [0.15, 0.2) is 12.4 Å². The van der Waals surface area contributed by atoms with Crippen LogP contribution >= 0.6 is 0 Å². The molecule has 0 radical (unpaired) electrons. The van der Waals surface area contributed by atoms with Gasteiger partial charge in [0.25, 0.3) is 0 Å². The summed E-state index contributed by atoms with van der Waals surface area (Å²) < 4.78 is 24.2. The van der Waals surface area contributed by atoms with Gasteiger partial charge in [-0.05, 0) is 44.4 Å². The lowest BCUT2D eigenvalue weighted by atomic mass is 9.49. The summed E-state index contributed by atoms with van der Waals surface area (Å²) in [5.41, 5.74) is -4.44. The van der Waals surface area contributed by atoms with Crippen molar-refractivity contribution in [3.05, 3.63) is 23.8 Å². The molecule has 9 heteroatoms. The highest BCUT2D eigenvalue weighted by Gasteiger charge is 2.78. The molecular weight excluding hydrogens is 444 g/mol. The number of esters is 1. The van der Waals surface area contributed by atoms with Crippen LogP contribution in [0.15, 0.2) is 23.8 Å². The molecule has 5 rings (SSSR count). The lowest BCUT2D eigenvalue weighted by Gasteiger charge is -2.66. The van der Waals surface area contributed by atoms with Gasteiger partial charge in [0.2, 0.25) is 0 Å². The predicted molar refractivity (Wildman–Crippen MR) is 118 cm³/mol. The minimum absolute atomic E-state index is 0.00785. The van der Waals surface area contributed by atoms with Gasteiger partial charge in [-0.1, -0.05) is 13.5 Å². The van der Waals surface area contributed by atoms with Crippen LogP contribution in [-0.2, 0) is 23.7 Å². The maximum absolute atomic E-state index is 12.4. The second-order valence-corrected chi connectivity index (χ2v) is 11.5. The van der Waals surface area contributed by atoms with E-state index in [0.717, 1.165) is 0 Å². The van der Waals surface area contributed by atoms with Crippen molar-refractivity contribution in [2.45, 2.75) is 102 Å². The van der Waals surface area contributed by atoms with Crippen molar-refractivity contribution in [3.63, 3.8) is 0 Å². The first-order valence-corrected chi connectivity index (χ1v) is 12.0. The Morgan fingerprint density at radius 3 is 2.47 bits per heavy atom. The highest BCUT2D eigenvalue weighted by Crippen LogP contribution is 2.68. The Hall–Kier alpha value is -1.33. The number of aliphatic hydroxyl groups excluding tert-OH is 2. The zero-order chi connectivity index (χ0) is 25.0. The Morgan fingerprint density at radius 2 is 1.94 bits per heavy atom. The number of hydrogen-bond donors (Lipinski definition) is 4. The summed E-state index contributed by atoms with van der Waals surface area (Å²) in [5, 5.41) is 46.8. The first-order valence-electron chi connectivity index (χ1n) is 12.0. The summed E-state index contributed by atoms with van der Waals surface area (Å²) in [6.07, 6.45) is -4.19. The normalized spacial score (nSPS) is 52.0. The van der Waals surface area contributed by atoms with Crippen molar-refractivity contribution in [3.8, 4) is 0 Å². The number of carbonyl (C=O) groups excluding carboxylic acids is 1. The fourth-order valence-electron chi connectivity index (χ4n) is 7.83. The van der Waals surface area contributed by atoms with Crippen LogP contribution in [0.25, 0.3) is 0 Å². The van der Waals surface area contributed by atoms with Crippen LogP contribution in [0.3, 0.4) is 0 Å². The van der Waals surface area contributed by atoms with Gasteiger partial charge in [-0.2, -0.15) is 0 Å². The molecule has 2 aliphatic heterocycles. The maximum atomic E-state index is 12.4. The van der Waals surface area contributed by atoms with Gasteiger partial charge >= 0.3 is 5.97 Å². The molecule has 3 aliphatic carbocycles. The fourth-order valence-corrected chi connectivity index (χ4v) is 7.83. The molecule has 0 spiro atoms. The molecular formula is C25H36O9. The second kappa shape index (κ2) is 7.35. The van der Waals surface area contributed by atoms with Crippen LogP contribution in [0, 0.1) is 16.7 Å². The van der Waals surface area contributed by atoms with Gasteiger partial charge in [0.05, 0.1) is 42.0 Å². The summed E-state index contributed by atoms with van der Waals surface area (Å²) in [6.45, 7) is 11.9. The average molecular weight is 481 g/mol. The minimum atomic E-state index is -1.55. The molecule has 4 N–H and O–H groups in total. The molecule has 5 unspecified atom stereocenters. The van der Waals surface area contributed by atoms with Crippen LogP contribution in [0.4, 0.5) is 0 Å². The van der Waals surface area contributed by atoms with Crippen LogP contribution in [-0.4, -0.2) is 87.1 Å². The van der Waals surface area contributed by atoms with Crippen molar-refractivity contribution in [2.75, 3.05) is 6.61 Å².